The zero-order valence-corrected chi connectivity index (χ0v) is 11.4. The van der Waals surface area contributed by atoms with Gasteiger partial charge in [0, 0.05) is 13.2 Å². The van der Waals surface area contributed by atoms with E-state index in [1.54, 1.807) is 0 Å². The van der Waals surface area contributed by atoms with Crippen molar-refractivity contribution < 1.29 is 0 Å². The van der Waals surface area contributed by atoms with Crippen LogP contribution in [0.25, 0.3) is 0 Å². The van der Waals surface area contributed by atoms with Gasteiger partial charge < -0.3 is 5.32 Å². The molecule has 2 aromatic rings. The summed E-state index contributed by atoms with van der Waals surface area (Å²) < 4.78 is 1.85. The smallest absolute Gasteiger partial charge is 0.0839 e. The summed E-state index contributed by atoms with van der Waals surface area (Å²) in [4.78, 5) is 0. The van der Waals surface area contributed by atoms with Gasteiger partial charge in [-0.15, -0.1) is 0 Å². The molecule has 0 spiro atoms. The van der Waals surface area contributed by atoms with Crippen molar-refractivity contribution in [2.45, 2.75) is 26.3 Å². The van der Waals surface area contributed by atoms with Crippen LogP contribution in [0.1, 0.15) is 36.7 Å². The lowest BCUT2D eigenvalue weighted by atomic mass is 10.0. The molecule has 0 aliphatic carbocycles. The van der Waals surface area contributed by atoms with Crippen molar-refractivity contribution in [1.82, 2.24) is 15.1 Å². The molecule has 0 aliphatic heterocycles. The van der Waals surface area contributed by atoms with Gasteiger partial charge in [0.2, 0.25) is 0 Å². The van der Waals surface area contributed by atoms with Crippen LogP contribution in [0.15, 0.2) is 36.5 Å². The van der Waals surface area contributed by atoms with Crippen LogP contribution in [0.5, 0.6) is 0 Å². The summed E-state index contributed by atoms with van der Waals surface area (Å²) in [7, 11) is 1.95. The minimum Gasteiger partial charge on any atom is -0.305 e. The molecule has 3 nitrogen and oxygen atoms in total. The first-order valence-corrected chi connectivity index (χ1v) is 6.56. The van der Waals surface area contributed by atoms with Crippen molar-refractivity contribution in [3.05, 3.63) is 53.3 Å². The lowest BCUT2D eigenvalue weighted by Gasteiger charge is -2.16. The van der Waals surface area contributed by atoms with E-state index in [1.165, 1.54) is 11.1 Å². The fourth-order valence-corrected chi connectivity index (χ4v) is 2.13. The highest BCUT2D eigenvalue weighted by atomic mass is 15.3. The number of aromatic nitrogens is 2. The first-order chi connectivity index (χ1) is 8.74. The van der Waals surface area contributed by atoms with E-state index < -0.39 is 0 Å². The van der Waals surface area contributed by atoms with E-state index in [1.807, 2.05) is 17.9 Å². The molecule has 18 heavy (non-hydrogen) atoms. The fourth-order valence-electron chi connectivity index (χ4n) is 2.13. The average Bonchev–Trinajstić information content (AvgIpc) is 2.82. The van der Waals surface area contributed by atoms with Crippen LogP contribution >= 0.6 is 0 Å². The van der Waals surface area contributed by atoms with Crippen LogP contribution in [0.3, 0.4) is 0 Å². The van der Waals surface area contributed by atoms with Crippen molar-refractivity contribution in [1.29, 1.82) is 0 Å². The first-order valence-electron chi connectivity index (χ1n) is 6.56. The Morgan fingerprint density at radius 3 is 2.39 bits per heavy atom. The molecule has 0 saturated carbocycles. The van der Waals surface area contributed by atoms with E-state index in [-0.39, 0.29) is 6.04 Å². The molecule has 1 atom stereocenters. The Kier molecular flexibility index (Phi) is 4.15. The van der Waals surface area contributed by atoms with Gasteiger partial charge in [0.1, 0.15) is 0 Å². The third-order valence-corrected chi connectivity index (χ3v) is 3.16. The number of nitrogens with one attached hydrogen (secondary N) is 1. The van der Waals surface area contributed by atoms with Crippen molar-refractivity contribution in [3.8, 4) is 0 Å². The van der Waals surface area contributed by atoms with Crippen LogP contribution in [0.2, 0.25) is 0 Å². The summed E-state index contributed by atoms with van der Waals surface area (Å²) >= 11 is 0. The molecule has 1 heterocycles. The second-order valence-corrected chi connectivity index (χ2v) is 4.50. The molecule has 1 aromatic heterocycles. The molecule has 1 unspecified atom stereocenters. The van der Waals surface area contributed by atoms with Crippen LogP contribution < -0.4 is 5.32 Å². The Labute approximate surface area is 109 Å². The van der Waals surface area contributed by atoms with E-state index in [4.69, 9.17) is 0 Å². The van der Waals surface area contributed by atoms with E-state index in [0.717, 1.165) is 18.7 Å². The fraction of sp³-hybridized carbons (Fsp3) is 0.400. The van der Waals surface area contributed by atoms with Crippen molar-refractivity contribution in [2.75, 3.05) is 6.54 Å². The zero-order valence-electron chi connectivity index (χ0n) is 11.4. The maximum absolute atomic E-state index is 4.50. The maximum atomic E-state index is 4.50. The third kappa shape index (κ3) is 2.79. The molecule has 0 saturated heterocycles. The normalized spacial score (nSPS) is 12.6. The summed E-state index contributed by atoms with van der Waals surface area (Å²) in [6.45, 7) is 5.22. The topological polar surface area (TPSA) is 29.9 Å². The zero-order chi connectivity index (χ0) is 13.0. The summed E-state index contributed by atoms with van der Waals surface area (Å²) in [5.41, 5.74) is 3.71. The molecule has 1 aromatic carbocycles. The van der Waals surface area contributed by atoms with E-state index in [9.17, 15) is 0 Å². The standard InChI is InChI=1S/C15H21N3/c1-4-12-6-8-13(9-7-12)15(16-5-2)14-10-11-18(3)17-14/h6-11,15-16H,4-5H2,1-3H3. The van der Waals surface area contributed by atoms with Crippen LogP contribution in [0.4, 0.5) is 0 Å². The lowest BCUT2D eigenvalue weighted by Crippen LogP contribution is -2.22. The Morgan fingerprint density at radius 2 is 1.89 bits per heavy atom. The highest BCUT2D eigenvalue weighted by Crippen LogP contribution is 2.20. The molecule has 96 valence electrons. The minimum absolute atomic E-state index is 0.183. The average molecular weight is 243 g/mol. The van der Waals surface area contributed by atoms with Gasteiger partial charge in [-0.05, 0) is 30.2 Å². The van der Waals surface area contributed by atoms with Gasteiger partial charge in [-0.1, -0.05) is 38.1 Å². The largest absolute Gasteiger partial charge is 0.305 e. The van der Waals surface area contributed by atoms with E-state index in [0.29, 0.717) is 0 Å². The predicted molar refractivity (Wildman–Crippen MR) is 74.5 cm³/mol. The SMILES string of the molecule is CCNC(c1ccc(CC)cc1)c1ccn(C)n1. The number of hydrogen-bond donors (Lipinski definition) is 1. The number of benzene rings is 1. The second kappa shape index (κ2) is 5.83. The minimum atomic E-state index is 0.183. The summed E-state index contributed by atoms with van der Waals surface area (Å²) in [5, 5.41) is 7.99. The van der Waals surface area contributed by atoms with E-state index in [2.05, 4.69) is 54.6 Å². The van der Waals surface area contributed by atoms with Gasteiger partial charge in [0.05, 0.1) is 11.7 Å². The van der Waals surface area contributed by atoms with Crippen LogP contribution in [-0.4, -0.2) is 16.3 Å². The Hall–Kier alpha value is -1.61. The number of aryl methyl sites for hydroxylation is 2. The molecular formula is C15H21N3. The van der Waals surface area contributed by atoms with Crippen molar-refractivity contribution in [3.63, 3.8) is 0 Å². The highest BCUT2D eigenvalue weighted by molar-refractivity contribution is 5.30. The maximum Gasteiger partial charge on any atom is 0.0839 e. The first kappa shape index (κ1) is 12.8. The molecule has 0 bridgehead atoms. The Balaban J connectivity index is 2.28. The number of rotatable bonds is 5. The molecule has 0 radical (unpaired) electrons. The molecule has 0 fully saturated rings. The quantitative estimate of drug-likeness (QED) is 0.875. The predicted octanol–water partition coefficient (Wildman–Crippen LogP) is 2.68. The highest BCUT2D eigenvalue weighted by Gasteiger charge is 2.15. The molecule has 3 heteroatoms. The van der Waals surface area contributed by atoms with Gasteiger partial charge in [-0.3, -0.25) is 4.68 Å². The summed E-state index contributed by atoms with van der Waals surface area (Å²) in [5.74, 6) is 0. The second-order valence-electron chi connectivity index (χ2n) is 4.50. The summed E-state index contributed by atoms with van der Waals surface area (Å²) in [6, 6.07) is 11.0. The monoisotopic (exact) mass is 243 g/mol. The van der Waals surface area contributed by atoms with Gasteiger partial charge in [-0.25, -0.2) is 0 Å². The van der Waals surface area contributed by atoms with Gasteiger partial charge in [0.15, 0.2) is 0 Å². The molecule has 0 aliphatic rings. The van der Waals surface area contributed by atoms with Gasteiger partial charge in [-0.2, -0.15) is 5.10 Å². The third-order valence-electron chi connectivity index (χ3n) is 3.16. The Morgan fingerprint density at radius 1 is 1.17 bits per heavy atom. The number of hydrogen-bond acceptors (Lipinski definition) is 2. The van der Waals surface area contributed by atoms with Crippen molar-refractivity contribution in [2.24, 2.45) is 7.05 Å². The van der Waals surface area contributed by atoms with Gasteiger partial charge >= 0.3 is 0 Å². The number of nitrogens with zero attached hydrogens (tertiary/aromatic N) is 2. The Bertz CT molecular complexity index is 485. The molecular weight excluding hydrogens is 222 g/mol. The molecule has 2 rings (SSSR count). The van der Waals surface area contributed by atoms with Gasteiger partial charge in [0.25, 0.3) is 0 Å². The van der Waals surface area contributed by atoms with Crippen molar-refractivity contribution >= 4 is 0 Å². The van der Waals surface area contributed by atoms with Crippen LogP contribution in [0, 0.1) is 0 Å². The van der Waals surface area contributed by atoms with Crippen LogP contribution in [-0.2, 0) is 13.5 Å². The molecule has 1 N–H and O–H groups in total. The summed E-state index contributed by atoms with van der Waals surface area (Å²) in [6.07, 6.45) is 3.07. The molecule has 0 amide bonds. The van der Waals surface area contributed by atoms with E-state index >= 15 is 0 Å². The lowest BCUT2D eigenvalue weighted by molar-refractivity contribution is 0.599.